The Hall–Kier alpha value is -2.84. The second-order valence-corrected chi connectivity index (χ2v) is 7.64. The average Bonchev–Trinajstić information content (AvgIpc) is 3.32. The van der Waals surface area contributed by atoms with Crippen LogP contribution in [-0.4, -0.2) is 56.8 Å². The predicted molar refractivity (Wildman–Crippen MR) is 122 cm³/mol. The normalized spacial score (nSPS) is 12.7. The van der Waals surface area contributed by atoms with E-state index in [4.69, 9.17) is 13.9 Å². The maximum Gasteiger partial charge on any atom is 0.407 e. The minimum absolute atomic E-state index is 0.00260. The van der Waals surface area contributed by atoms with Crippen molar-refractivity contribution in [1.29, 1.82) is 0 Å². The van der Waals surface area contributed by atoms with E-state index in [9.17, 15) is 9.59 Å². The summed E-state index contributed by atoms with van der Waals surface area (Å²) in [4.78, 5) is 26.2. The summed E-state index contributed by atoms with van der Waals surface area (Å²) < 4.78 is 16.4. The van der Waals surface area contributed by atoms with E-state index in [1.165, 1.54) is 0 Å². The van der Waals surface area contributed by atoms with Gasteiger partial charge in [0.15, 0.2) is 0 Å². The molecule has 0 spiro atoms. The van der Waals surface area contributed by atoms with Gasteiger partial charge in [0.2, 0.25) is 5.91 Å². The molecule has 2 rings (SSSR count). The summed E-state index contributed by atoms with van der Waals surface area (Å²) in [5.74, 6) is 0.866. The Bertz CT molecular complexity index is 782. The van der Waals surface area contributed by atoms with Crippen molar-refractivity contribution < 1.29 is 23.5 Å². The van der Waals surface area contributed by atoms with Gasteiger partial charge in [-0.25, -0.2) is 4.79 Å². The van der Waals surface area contributed by atoms with Crippen LogP contribution >= 0.6 is 0 Å². The van der Waals surface area contributed by atoms with Gasteiger partial charge in [-0.15, -0.1) is 0 Å². The number of carbonyl (C=O) groups excluding carboxylic acids is 2. The lowest BCUT2D eigenvalue weighted by atomic mass is 10.0. The second-order valence-electron chi connectivity index (χ2n) is 7.64. The molecule has 8 nitrogen and oxygen atoms in total. The molecule has 1 heterocycles. The number of benzene rings is 1. The Labute approximate surface area is 190 Å². The number of nitrogens with one attached hydrogen (secondary N) is 2. The molecule has 0 saturated heterocycles. The first-order chi connectivity index (χ1) is 15.5. The summed E-state index contributed by atoms with van der Waals surface area (Å²) in [5, 5.41) is 5.92. The molecule has 0 unspecified atom stereocenters. The van der Waals surface area contributed by atoms with E-state index in [1.807, 2.05) is 63.4 Å². The lowest BCUT2D eigenvalue weighted by Gasteiger charge is -2.24. The molecule has 0 bridgehead atoms. The molecule has 1 aromatic carbocycles. The van der Waals surface area contributed by atoms with Crippen molar-refractivity contribution in [3.8, 4) is 0 Å². The van der Waals surface area contributed by atoms with Crippen LogP contribution in [0, 0.1) is 5.92 Å². The Morgan fingerprint density at radius 1 is 1.12 bits per heavy atom. The zero-order valence-corrected chi connectivity index (χ0v) is 19.2. The highest BCUT2D eigenvalue weighted by atomic mass is 16.5. The van der Waals surface area contributed by atoms with E-state index < -0.39 is 6.09 Å². The largest absolute Gasteiger partial charge is 0.468 e. The third kappa shape index (κ3) is 8.72. The minimum atomic E-state index is -0.501. The average molecular weight is 446 g/mol. The fourth-order valence-corrected chi connectivity index (χ4v) is 3.39. The molecule has 32 heavy (non-hydrogen) atoms. The Balaban J connectivity index is 1.69. The molecular weight excluding hydrogens is 410 g/mol. The zero-order chi connectivity index (χ0) is 23.2. The van der Waals surface area contributed by atoms with Gasteiger partial charge in [-0.2, -0.15) is 0 Å². The molecule has 0 radical (unpaired) electrons. The third-order valence-corrected chi connectivity index (χ3v) is 5.05. The van der Waals surface area contributed by atoms with Crippen LogP contribution in [0.1, 0.15) is 37.6 Å². The van der Waals surface area contributed by atoms with Crippen molar-refractivity contribution in [2.75, 3.05) is 39.9 Å². The number of hydrogen-bond donors (Lipinski definition) is 2. The zero-order valence-electron chi connectivity index (χ0n) is 19.2. The van der Waals surface area contributed by atoms with Crippen molar-refractivity contribution >= 4 is 12.0 Å². The van der Waals surface area contributed by atoms with Crippen molar-refractivity contribution in [2.45, 2.75) is 32.9 Å². The van der Waals surface area contributed by atoms with E-state index in [1.54, 1.807) is 11.2 Å². The van der Waals surface area contributed by atoms with Crippen molar-refractivity contribution in [3.63, 3.8) is 0 Å². The summed E-state index contributed by atoms with van der Waals surface area (Å²) in [6.07, 6.45) is 1.96. The number of alkyl carbamates (subject to hydrolysis) is 1. The van der Waals surface area contributed by atoms with E-state index in [-0.39, 0.29) is 31.1 Å². The molecule has 0 fully saturated rings. The monoisotopic (exact) mass is 445 g/mol. The van der Waals surface area contributed by atoms with Crippen LogP contribution in [0.2, 0.25) is 0 Å². The van der Waals surface area contributed by atoms with Crippen LogP contribution in [0.4, 0.5) is 4.79 Å². The van der Waals surface area contributed by atoms with E-state index in [2.05, 4.69) is 10.6 Å². The molecule has 0 saturated carbocycles. The molecule has 2 atom stereocenters. The van der Waals surface area contributed by atoms with E-state index >= 15 is 0 Å². The van der Waals surface area contributed by atoms with Gasteiger partial charge in [0, 0.05) is 25.6 Å². The molecule has 0 aliphatic rings. The molecule has 176 valence electrons. The highest BCUT2D eigenvalue weighted by molar-refractivity contribution is 5.77. The fourth-order valence-electron chi connectivity index (χ4n) is 3.39. The highest BCUT2D eigenvalue weighted by Crippen LogP contribution is 2.22. The Kier molecular flexibility index (Phi) is 11.3. The van der Waals surface area contributed by atoms with Gasteiger partial charge in [-0.1, -0.05) is 44.2 Å². The standard InChI is InChI=1S/C24H35N3O5/c1-4-13-27(14-12-26-24(29)32-17-20-9-6-5-7-10-20)22(28)18-30-16-19(2)23(25-3)21-11-8-15-31-21/h5-11,15,19,23,25H,4,12-14,16-18H2,1-3H3,(H,26,29)/t19-,23+/m1/s1. The number of rotatable bonds is 14. The third-order valence-electron chi connectivity index (χ3n) is 5.05. The number of nitrogens with zero attached hydrogens (tertiary/aromatic N) is 1. The molecule has 0 aliphatic heterocycles. The smallest absolute Gasteiger partial charge is 0.407 e. The predicted octanol–water partition coefficient (Wildman–Crippen LogP) is 3.36. The van der Waals surface area contributed by atoms with Crippen LogP contribution in [0.5, 0.6) is 0 Å². The maximum absolute atomic E-state index is 12.6. The summed E-state index contributed by atoms with van der Waals surface area (Å²) in [6.45, 7) is 5.99. The Morgan fingerprint density at radius 2 is 1.91 bits per heavy atom. The van der Waals surface area contributed by atoms with E-state index in [0.29, 0.717) is 26.2 Å². The first-order valence-corrected chi connectivity index (χ1v) is 11.1. The molecular formula is C24H35N3O5. The van der Waals surface area contributed by atoms with Crippen LogP contribution in [-0.2, 0) is 20.9 Å². The minimum Gasteiger partial charge on any atom is -0.468 e. The van der Waals surface area contributed by atoms with Crippen LogP contribution < -0.4 is 10.6 Å². The Morgan fingerprint density at radius 3 is 2.56 bits per heavy atom. The van der Waals surface area contributed by atoms with Crippen molar-refractivity contribution in [1.82, 2.24) is 15.5 Å². The van der Waals surface area contributed by atoms with Gasteiger partial charge >= 0.3 is 6.09 Å². The van der Waals surface area contributed by atoms with Gasteiger partial charge in [0.25, 0.3) is 0 Å². The van der Waals surface area contributed by atoms with Crippen LogP contribution in [0.15, 0.2) is 53.1 Å². The van der Waals surface area contributed by atoms with Crippen LogP contribution in [0.3, 0.4) is 0 Å². The van der Waals surface area contributed by atoms with Crippen molar-refractivity contribution in [2.24, 2.45) is 5.92 Å². The summed E-state index contributed by atoms with van der Waals surface area (Å²) >= 11 is 0. The van der Waals surface area contributed by atoms with E-state index in [0.717, 1.165) is 17.7 Å². The summed E-state index contributed by atoms with van der Waals surface area (Å²) in [7, 11) is 1.87. The lowest BCUT2D eigenvalue weighted by molar-refractivity contribution is -0.136. The lowest BCUT2D eigenvalue weighted by Crippen LogP contribution is -2.41. The molecule has 2 amide bonds. The molecule has 2 N–H and O–H groups in total. The van der Waals surface area contributed by atoms with Gasteiger partial charge < -0.3 is 29.4 Å². The quantitative estimate of drug-likeness (QED) is 0.463. The number of furan rings is 1. The number of ether oxygens (including phenoxy) is 2. The molecule has 0 aliphatic carbocycles. The number of carbonyl (C=O) groups is 2. The number of hydrogen-bond acceptors (Lipinski definition) is 6. The molecule has 2 aromatic rings. The fraction of sp³-hybridized carbons (Fsp3) is 0.500. The first kappa shape index (κ1) is 25.4. The van der Waals surface area contributed by atoms with Gasteiger partial charge in [0.1, 0.15) is 19.0 Å². The second kappa shape index (κ2) is 14.3. The maximum atomic E-state index is 12.6. The van der Waals surface area contributed by atoms with Gasteiger partial charge in [-0.3, -0.25) is 4.79 Å². The van der Waals surface area contributed by atoms with Gasteiger partial charge in [0.05, 0.1) is 18.9 Å². The topological polar surface area (TPSA) is 93.0 Å². The first-order valence-electron chi connectivity index (χ1n) is 11.1. The summed E-state index contributed by atoms with van der Waals surface area (Å²) in [5.41, 5.74) is 0.921. The molecule has 1 aromatic heterocycles. The number of amides is 2. The summed E-state index contributed by atoms with van der Waals surface area (Å²) in [6, 6.07) is 13.3. The highest BCUT2D eigenvalue weighted by Gasteiger charge is 2.21. The van der Waals surface area contributed by atoms with Crippen molar-refractivity contribution in [3.05, 3.63) is 60.1 Å². The SMILES string of the molecule is CCCN(CCNC(=O)OCc1ccccc1)C(=O)COC[C@@H](C)[C@H](NC)c1ccco1. The van der Waals surface area contributed by atoms with Crippen LogP contribution in [0.25, 0.3) is 0 Å². The molecule has 8 heteroatoms. The van der Waals surface area contributed by atoms with Gasteiger partial charge in [-0.05, 0) is 31.2 Å².